The zero-order valence-electron chi connectivity index (χ0n) is 8.04. The molecule has 11 heavy (non-hydrogen) atoms. The van der Waals surface area contributed by atoms with E-state index in [1.165, 1.54) is 32.1 Å². The van der Waals surface area contributed by atoms with E-state index >= 15 is 0 Å². The SMILES string of the molecule is C.CCCCC(C)(C)CCC. The van der Waals surface area contributed by atoms with Crippen LogP contribution in [0, 0.1) is 5.41 Å². The normalized spacial score (nSPS) is 10.9. The largest absolute Gasteiger partial charge is 0.0776 e. The van der Waals surface area contributed by atoms with Crippen LogP contribution in [0.1, 0.15) is 67.2 Å². The molecule has 0 N–H and O–H groups in total. The lowest BCUT2D eigenvalue weighted by Gasteiger charge is -2.23. The molecule has 0 aromatic heterocycles. The fourth-order valence-electron chi connectivity index (χ4n) is 1.46. The van der Waals surface area contributed by atoms with E-state index in [9.17, 15) is 0 Å². The van der Waals surface area contributed by atoms with Crippen molar-refractivity contribution in [3.05, 3.63) is 0 Å². The number of rotatable bonds is 5. The Morgan fingerprint density at radius 1 is 0.909 bits per heavy atom. The fourth-order valence-corrected chi connectivity index (χ4v) is 1.46. The van der Waals surface area contributed by atoms with Crippen LogP contribution in [0.2, 0.25) is 0 Å². The Balaban J connectivity index is 0. The summed E-state index contributed by atoms with van der Waals surface area (Å²) in [5.41, 5.74) is 0.602. The second-order valence-electron chi connectivity index (χ2n) is 4.02. The summed E-state index contributed by atoms with van der Waals surface area (Å²) in [7, 11) is 0. The van der Waals surface area contributed by atoms with Gasteiger partial charge in [0.1, 0.15) is 0 Å². The third-order valence-electron chi connectivity index (χ3n) is 2.13. The van der Waals surface area contributed by atoms with E-state index < -0.39 is 0 Å². The number of unbranched alkanes of at least 4 members (excludes halogenated alkanes) is 1. The summed E-state index contributed by atoms with van der Waals surface area (Å²) < 4.78 is 0. The van der Waals surface area contributed by atoms with Crippen LogP contribution in [0.3, 0.4) is 0 Å². The van der Waals surface area contributed by atoms with Crippen molar-refractivity contribution in [1.29, 1.82) is 0 Å². The Morgan fingerprint density at radius 2 is 1.45 bits per heavy atom. The predicted molar refractivity (Wildman–Crippen MR) is 54.9 cm³/mol. The van der Waals surface area contributed by atoms with Gasteiger partial charge in [0.15, 0.2) is 0 Å². The Hall–Kier alpha value is 0. The van der Waals surface area contributed by atoms with E-state index in [2.05, 4.69) is 27.7 Å². The van der Waals surface area contributed by atoms with Gasteiger partial charge in [-0.05, 0) is 18.3 Å². The minimum absolute atomic E-state index is 0. The van der Waals surface area contributed by atoms with E-state index in [1.807, 2.05) is 0 Å². The highest BCUT2D eigenvalue weighted by Gasteiger charge is 2.14. The van der Waals surface area contributed by atoms with Crippen LogP contribution < -0.4 is 0 Å². The topological polar surface area (TPSA) is 0 Å². The Morgan fingerprint density at radius 3 is 1.82 bits per heavy atom. The molecule has 0 nitrogen and oxygen atoms in total. The van der Waals surface area contributed by atoms with Crippen LogP contribution in [0.4, 0.5) is 0 Å². The molecule has 0 heterocycles. The zero-order chi connectivity index (χ0) is 8.04. The van der Waals surface area contributed by atoms with Crippen LogP contribution in [0.25, 0.3) is 0 Å². The molecule has 0 atom stereocenters. The third-order valence-corrected chi connectivity index (χ3v) is 2.13. The van der Waals surface area contributed by atoms with Crippen LogP contribution in [0.5, 0.6) is 0 Å². The minimum Gasteiger partial charge on any atom is -0.0776 e. The first kappa shape index (κ1) is 13.6. The van der Waals surface area contributed by atoms with E-state index in [1.54, 1.807) is 0 Å². The van der Waals surface area contributed by atoms with Gasteiger partial charge < -0.3 is 0 Å². The van der Waals surface area contributed by atoms with Crippen LogP contribution in [-0.2, 0) is 0 Å². The van der Waals surface area contributed by atoms with Gasteiger partial charge in [0.25, 0.3) is 0 Å². The van der Waals surface area contributed by atoms with Crippen LogP contribution >= 0.6 is 0 Å². The number of hydrogen-bond donors (Lipinski definition) is 0. The van der Waals surface area contributed by atoms with E-state index in [4.69, 9.17) is 0 Å². The van der Waals surface area contributed by atoms with Crippen molar-refractivity contribution in [2.45, 2.75) is 67.2 Å². The molecule has 0 amide bonds. The molecule has 0 saturated heterocycles. The zero-order valence-corrected chi connectivity index (χ0v) is 8.04. The van der Waals surface area contributed by atoms with Gasteiger partial charge in [-0.25, -0.2) is 0 Å². The molecule has 0 aromatic rings. The minimum atomic E-state index is 0. The first-order valence-corrected chi connectivity index (χ1v) is 4.62. The lowest BCUT2D eigenvalue weighted by atomic mass is 9.83. The molecule has 0 rings (SSSR count). The molecule has 0 fully saturated rings. The molecular weight excluding hydrogens is 132 g/mol. The molecule has 70 valence electrons. The molecule has 0 heteroatoms. The van der Waals surface area contributed by atoms with Gasteiger partial charge in [0, 0.05) is 0 Å². The monoisotopic (exact) mass is 158 g/mol. The molecule has 0 aliphatic rings. The molecule has 0 saturated carbocycles. The van der Waals surface area contributed by atoms with Gasteiger partial charge in [-0.15, -0.1) is 0 Å². The molecule has 0 radical (unpaired) electrons. The molecule has 0 aliphatic carbocycles. The molecular formula is C11H26. The Kier molecular flexibility index (Phi) is 8.26. The van der Waals surface area contributed by atoms with Crippen molar-refractivity contribution < 1.29 is 0 Å². The van der Waals surface area contributed by atoms with Gasteiger partial charge in [0.05, 0.1) is 0 Å². The maximum Gasteiger partial charge on any atom is -0.0354 e. The average molecular weight is 158 g/mol. The smallest absolute Gasteiger partial charge is 0.0354 e. The van der Waals surface area contributed by atoms with Crippen molar-refractivity contribution in [2.75, 3.05) is 0 Å². The van der Waals surface area contributed by atoms with Crippen molar-refractivity contribution in [1.82, 2.24) is 0 Å². The van der Waals surface area contributed by atoms with E-state index in [0.717, 1.165) is 0 Å². The average Bonchev–Trinajstić information content (AvgIpc) is 1.84. The van der Waals surface area contributed by atoms with Gasteiger partial charge in [-0.3, -0.25) is 0 Å². The molecule has 0 bridgehead atoms. The summed E-state index contributed by atoms with van der Waals surface area (Å²) in [5.74, 6) is 0. The third kappa shape index (κ3) is 7.90. The molecule has 0 aromatic carbocycles. The predicted octanol–water partition coefficient (Wildman–Crippen LogP) is 4.64. The van der Waals surface area contributed by atoms with Crippen molar-refractivity contribution >= 4 is 0 Å². The van der Waals surface area contributed by atoms with Crippen LogP contribution in [0.15, 0.2) is 0 Å². The van der Waals surface area contributed by atoms with Gasteiger partial charge in [0.2, 0.25) is 0 Å². The lowest BCUT2D eigenvalue weighted by Crippen LogP contribution is -2.09. The number of hydrogen-bond acceptors (Lipinski definition) is 0. The van der Waals surface area contributed by atoms with Crippen molar-refractivity contribution in [3.63, 3.8) is 0 Å². The highest BCUT2D eigenvalue weighted by atomic mass is 14.2. The van der Waals surface area contributed by atoms with E-state index in [0.29, 0.717) is 5.41 Å². The maximum atomic E-state index is 2.38. The fraction of sp³-hybridized carbons (Fsp3) is 1.00. The molecule has 0 unspecified atom stereocenters. The summed E-state index contributed by atoms with van der Waals surface area (Å²) in [5, 5.41) is 0. The highest BCUT2D eigenvalue weighted by Crippen LogP contribution is 2.28. The quantitative estimate of drug-likeness (QED) is 0.547. The second-order valence-corrected chi connectivity index (χ2v) is 4.02. The summed E-state index contributed by atoms with van der Waals surface area (Å²) in [4.78, 5) is 0. The van der Waals surface area contributed by atoms with Crippen LogP contribution in [-0.4, -0.2) is 0 Å². The van der Waals surface area contributed by atoms with Gasteiger partial charge in [-0.2, -0.15) is 0 Å². The second kappa shape index (κ2) is 6.69. The van der Waals surface area contributed by atoms with Crippen molar-refractivity contribution in [3.8, 4) is 0 Å². The van der Waals surface area contributed by atoms with E-state index in [-0.39, 0.29) is 7.43 Å². The summed E-state index contributed by atoms with van der Waals surface area (Å²) >= 11 is 0. The first-order chi connectivity index (χ1) is 4.62. The van der Waals surface area contributed by atoms with Gasteiger partial charge >= 0.3 is 0 Å². The highest BCUT2D eigenvalue weighted by molar-refractivity contribution is 4.66. The van der Waals surface area contributed by atoms with Gasteiger partial charge in [-0.1, -0.05) is 54.4 Å². The molecule has 0 spiro atoms. The molecule has 0 aliphatic heterocycles. The first-order valence-electron chi connectivity index (χ1n) is 4.62. The Labute approximate surface area is 73.4 Å². The van der Waals surface area contributed by atoms with Crippen molar-refractivity contribution in [2.24, 2.45) is 5.41 Å². The lowest BCUT2D eigenvalue weighted by molar-refractivity contribution is 0.295. The summed E-state index contributed by atoms with van der Waals surface area (Å²) in [6.07, 6.45) is 6.85. The summed E-state index contributed by atoms with van der Waals surface area (Å²) in [6.45, 7) is 9.30. The standard InChI is InChI=1S/C10H22.CH4/c1-5-7-9-10(3,4)8-6-2;/h5-9H2,1-4H3;1H4. The Bertz CT molecular complexity index is 72.1. The summed E-state index contributed by atoms with van der Waals surface area (Å²) in [6, 6.07) is 0. The maximum absolute atomic E-state index is 2.38.